The van der Waals surface area contributed by atoms with Gasteiger partial charge in [0.15, 0.2) is 5.82 Å². The highest BCUT2D eigenvalue weighted by Gasteiger charge is 2.20. The summed E-state index contributed by atoms with van der Waals surface area (Å²) in [5, 5.41) is 4.72. The highest BCUT2D eigenvalue weighted by atomic mass is 32.2. The van der Waals surface area contributed by atoms with E-state index in [1.54, 1.807) is 0 Å². The summed E-state index contributed by atoms with van der Waals surface area (Å²) < 4.78 is 4.41. The monoisotopic (exact) mass is 229 g/mol. The van der Waals surface area contributed by atoms with Crippen molar-refractivity contribution in [2.45, 2.75) is 31.4 Å². The lowest BCUT2D eigenvalue weighted by Crippen LogP contribution is -2.04. The first-order valence-electron chi connectivity index (χ1n) is 5.09. The number of thioether (sulfide) groups is 1. The van der Waals surface area contributed by atoms with Crippen LogP contribution in [0.4, 0.5) is 5.13 Å². The fourth-order valence-corrected chi connectivity index (χ4v) is 3.53. The zero-order chi connectivity index (χ0) is 9.80. The van der Waals surface area contributed by atoms with Gasteiger partial charge < -0.3 is 5.32 Å². The van der Waals surface area contributed by atoms with Crippen molar-refractivity contribution in [2.24, 2.45) is 0 Å². The molecule has 1 N–H and O–H groups in total. The summed E-state index contributed by atoms with van der Waals surface area (Å²) in [7, 11) is 0. The summed E-state index contributed by atoms with van der Waals surface area (Å²) in [6.45, 7) is 3.00. The molecule has 1 aromatic heterocycles. The minimum atomic E-state index is 0.549. The van der Waals surface area contributed by atoms with Gasteiger partial charge in [0.2, 0.25) is 5.13 Å². The number of anilines is 1. The molecule has 78 valence electrons. The number of rotatable bonds is 3. The van der Waals surface area contributed by atoms with Crippen LogP contribution in [0.15, 0.2) is 0 Å². The first-order valence-corrected chi connectivity index (χ1v) is 6.91. The quantitative estimate of drug-likeness (QED) is 0.865. The van der Waals surface area contributed by atoms with Crippen molar-refractivity contribution >= 4 is 28.4 Å². The largest absolute Gasteiger partial charge is 0.361 e. The first-order chi connectivity index (χ1) is 6.90. The topological polar surface area (TPSA) is 37.8 Å². The molecule has 1 aromatic rings. The summed E-state index contributed by atoms with van der Waals surface area (Å²) in [5.74, 6) is 2.30. The van der Waals surface area contributed by atoms with Gasteiger partial charge >= 0.3 is 0 Å². The van der Waals surface area contributed by atoms with Crippen LogP contribution in [0.2, 0.25) is 0 Å². The lowest BCUT2D eigenvalue weighted by Gasteiger charge is -2.17. The molecule has 0 amide bonds. The number of nitrogens with zero attached hydrogens (tertiary/aromatic N) is 2. The van der Waals surface area contributed by atoms with Gasteiger partial charge in [0.25, 0.3) is 0 Å². The van der Waals surface area contributed by atoms with Crippen molar-refractivity contribution < 1.29 is 0 Å². The number of aromatic nitrogens is 2. The van der Waals surface area contributed by atoms with E-state index >= 15 is 0 Å². The summed E-state index contributed by atoms with van der Waals surface area (Å²) in [5.41, 5.74) is 0. The van der Waals surface area contributed by atoms with Crippen LogP contribution in [0.3, 0.4) is 0 Å². The van der Waals surface area contributed by atoms with Gasteiger partial charge in [-0.1, -0.05) is 6.42 Å². The van der Waals surface area contributed by atoms with E-state index in [2.05, 4.69) is 21.6 Å². The van der Waals surface area contributed by atoms with E-state index < -0.39 is 0 Å². The van der Waals surface area contributed by atoms with Crippen LogP contribution in [-0.4, -0.2) is 21.7 Å². The van der Waals surface area contributed by atoms with E-state index in [1.165, 1.54) is 36.5 Å². The van der Waals surface area contributed by atoms with Crippen molar-refractivity contribution in [1.82, 2.24) is 9.36 Å². The highest BCUT2D eigenvalue weighted by Crippen LogP contribution is 2.37. The maximum absolute atomic E-state index is 4.50. The van der Waals surface area contributed by atoms with E-state index in [0.29, 0.717) is 5.25 Å². The lowest BCUT2D eigenvalue weighted by atomic mass is 10.2. The molecule has 5 heteroatoms. The first kappa shape index (κ1) is 10.2. The zero-order valence-corrected chi connectivity index (χ0v) is 9.96. The number of nitrogens with one attached hydrogen (secondary N) is 1. The lowest BCUT2D eigenvalue weighted by molar-refractivity contribution is 0.669. The minimum absolute atomic E-state index is 0.549. The Morgan fingerprint density at radius 2 is 2.43 bits per heavy atom. The molecule has 0 spiro atoms. The summed E-state index contributed by atoms with van der Waals surface area (Å²) in [6.07, 6.45) is 3.92. The van der Waals surface area contributed by atoms with E-state index in [4.69, 9.17) is 0 Å². The molecule has 3 nitrogen and oxygen atoms in total. The molecule has 2 rings (SSSR count). The number of hydrogen-bond donors (Lipinski definition) is 1. The molecule has 2 heterocycles. The second-order valence-electron chi connectivity index (χ2n) is 3.34. The predicted octanol–water partition coefficient (Wildman–Crippen LogP) is 2.93. The van der Waals surface area contributed by atoms with Crippen LogP contribution >= 0.6 is 23.3 Å². The molecule has 1 aliphatic heterocycles. The Kier molecular flexibility index (Phi) is 3.64. The van der Waals surface area contributed by atoms with Crippen LogP contribution in [0.5, 0.6) is 0 Å². The maximum Gasteiger partial charge on any atom is 0.202 e. The van der Waals surface area contributed by atoms with Crippen molar-refractivity contribution in [3.8, 4) is 0 Å². The molecular formula is C9H15N3S2. The second-order valence-corrected chi connectivity index (χ2v) is 5.41. The van der Waals surface area contributed by atoms with Crippen LogP contribution in [0.1, 0.15) is 37.3 Å². The third-order valence-corrected chi connectivity index (χ3v) is 4.30. The zero-order valence-electron chi connectivity index (χ0n) is 8.32. The van der Waals surface area contributed by atoms with E-state index in [9.17, 15) is 0 Å². The van der Waals surface area contributed by atoms with Crippen molar-refractivity contribution in [1.29, 1.82) is 0 Å². The molecule has 1 aliphatic rings. The summed E-state index contributed by atoms with van der Waals surface area (Å²) in [4.78, 5) is 4.50. The minimum Gasteiger partial charge on any atom is -0.361 e. The van der Waals surface area contributed by atoms with Gasteiger partial charge in [0, 0.05) is 18.1 Å². The average molecular weight is 229 g/mol. The molecule has 1 unspecified atom stereocenters. The van der Waals surface area contributed by atoms with Crippen LogP contribution < -0.4 is 5.32 Å². The Balaban J connectivity index is 2.00. The fourth-order valence-electron chi connectivity index (χ4n) is 1.53. The summed E-state index contributed by atoms with van der Waals surface area (Å²) in [6, 6.07) is 0. The Morgan fingerprint density at radius 1 is 1.50 bits per heavy atom. The van der Waals surface area contributed by atoms with E-state index in [1.807, 2.05) is 11.8 Å². The Hall–Kier alpha value is -0.290. The Labute approximate surface area is 92.9 Å². The van der Waals surface area contributed by atoms with Crippen LogP contribution in [0.25, 0.3) is 0 Å². The molecule has 0 bridgehead atoms. The number of hydrogen-bond acceptors (Lipinski definition) is 5. The third kappa shape index (κ3) is 2.39. The fraction of sp³-hybridized carbons (Fsp3) is 0.778. The molecule has 0 saturated carbocycles. The summed E-state index contributed by atoms with van der Waals surface area (Å²) >= 11 is 3.48. The Morgan fingerprint density at radius 3 is 3.14 bits per heavy atom. The molecule has 0 radical (unpaired) electrons. The van der Waals surface area contributed by atoms with Crippen molar-refractivity contribution in [3.05, 3.63) is 5.82 Å². The predicted molar refractivity (Wildman–Crippen MR) is 63.1 cm³/mol. The maximum atomic E-state index is 4.50. The molecule has 0 aliphatic carbocycles. The van der Waals surface area contributed by atoms with E-state index in [0.717, 1.165) is 17.5 Å². The average Bonchev–Trinajstić information content (AvgIpc) is 2.68. The standard InChI is InChI=1S/C9H15N3S2/c1-2-10-9-11-8(12-14-9)7-5-3-4-6-13-7/h7H,2-6H2,1H3,(H,10,11,12). The molecule has 1 saturated heterocycles. The normalized spacial score (nSPS) is 22.2. The molecule has 0 aromatic carbocycles. The second kappa shape index (κ2) is 4.98. The van der Waals surface area contributed by atoms with Crippen molar-refractivity contribution in [3.63, 3.8) is 0 Å². The van der Waals surface area contributed by atoms with Gasteiger partial charge in [-0.15, -0.1) is 0 Å². The van der Waals surface area contributed by atoms with Crippen molar-refractivity contribution in [2.75, 3.05) is 17.6 Å². The SMILES string of the molecule is CCNc1nc(C2CCCCS2)ns1. The molecule has 14 heavy (non-hydrogen) atoms. The molecule has 1 fully saturated rings. The third-order valence-electron chi connectivity index (χ3n) is 2.24. The van der Waals surface area contributed by atoms with Gasteiger partial charge in [0.1, 0.15) is 0 Å². The smallest absolute Gasteiger partial charge is 0.202 e. The van der Waals surface area contributed by atoms with Gasteiger partial charge in [-0.05, 0) is 25.5 Å². The van der Waals surface area contributed by atoms with E-state index in [-0.39, 0.29) is 0 Å². The molecular weight excluding hydrogens is 214 g/mol. The van der Waals surface area contributed by atoms with Gasteiger partial charge in [-0.25, -0.2) is 4.98 Å². The van der Waals surface area contributed by atoms with Crippen LogP contribution in [0, 0.1) is 0 Å². The van der Waals surface area contributed by atoms with Crippen LogP contribution in [-0.2, 0) is 0 Å². The molecule has 1 atom stereocenters. The van der Waals surface area contributed by atoms with Gasteiger partial charge in [-0.2, -0.15) is 16.1 Å². The highest BCUT2D eigenvalue weighted by molar-refractivity contribution is 7.99. The Bertz CT molecular complexity index is 281. The van der Waals surface area contributed by atoms with Gasteiger partial charge in [0.05, 0.1) is 5.25 Å². The van der Waals surface area contributed by atoms with Gasteiger partial charge in [-0.3, -0.25) is 0 Å².